The van der Waals surface area contributed by atoms with E-state index in [0.717, 1.165) is 0 Å². The molecular weight excluding hydrogens is 294 g/mol. The molecule has 1 aromatic heterocycles. The average Bonchev–Trinajstić information content (AvgIpc) is 2.76. The van der Waals surface area contributed by atoms with Crippen LogP contribution in [0.3, 0.4) is 0 Å². The second-order valence-corrected chi connectivity index (χ2v) is 5.09. The Kier molecular flexibility index (Phi) is 3.25. The highest BCUT2D eigenvalue weighted by Gasteiger charge is 2.12. The second-order valence-electron chi connectivity index (χ2n) is 4.70. The highest BCUT2D eigenvalue weighted by molar-refractivity contribution is 7.71. The van der Waals surface area contributed by atoms with Crippen molar-refractivity contribution < 1.29 is 13.5 Å². The first-order valence-electron chi connectivity index (χ1n) is 6.26. The number of fused-ring (bicyclic) bond motifs is 1. The van der Waals surface area contributed by atoms with Crippen LogP contribution in [0.2, 0.25) is 0 Å². The number of imidazole rings is 1. The molecule has 0 fully saturated rings. The highest BCUT2D eigenvalue weighted by Crippen LogP contribution is 2.27. The number of nitrogens with zero attached hydrogens (tertiary/aromatic N) is 1. The molecule has 0 saturated carbocycles. The summed E-state index contributed by atoms with van der Waals surface area (Å²) in [6.45, 7) is 1.68. The van der Waals surface area contributed by atoms with Gasteiger partial charge < -0.3 is 9.72 Å². The largest absolute Gasteiger partial charge is 0.494 e. The summed E-state index contributed by atoms with van der Waals surface area (Å²) in [7, 11) is 1.40. The SMILES string of the molecule is COc1cc2c(cc1F)[nH]c(=S)n2-c1ccc(F)c(C)c1. The van der Waals surface area contributed by atoms with Crippen LogP contribution in [0.25, 0.3) is 16.7 Å². The van der Waals surface area contributed by atoms with Gasteiger partial charge in [-0.3, -0.25) is 4.57 Å². The predicted molar refractivity (Wildman–Crippen MR) is 79.7 cm³/mol. The molecule has 108 valence electrons. The summed E-state index contributed by atoms with van der Waals surface area (Å²) in [6, 6.07) is 7.59. The number of ether oxygens (including phenoxy) is 1. The number of nitrogens with one attached hydrogen (secondary N) is 1. The van der Waals surface area contributed by atoms with E-state index in [1.807, 2.05) is 0 Å². The Morgan fingerprint density at radius 3 is 2.57 bits per heavy atom. The highest BCUT2D eigenvalue weighted by atomic mass is 32.1. The van der Waals surface area contributed by atoms with Gasteiger partial charge >= 0.3 is 0 Å². The Bertz CT molecular complexity index is 899. The Hall–Kier alpha value is -2.21. The lowest BCUT2D eigenvalue weighted by atomic mass is 10.2. The van der Waals surface area contributed by atoms with Crippen LogP contribution in [0.15, 0.2) is 30.3 Å². The number of rotatable bonds is 2. The number of hydrogen-bond donors (Lipinski definition) is 1. The first-order valence-corrected chi connectivity index (χ1v) is 6.67. The summed E-state index contributed by atoms with van der Waals surface area (Å²) in [4.78, 5) is 2.94. The van der Waals surface area contributed by atoms with Gasteiger partial charge in [0.1, 0.15) is 5.82 Å². The standard InChI is InChI=1S/C15H12F2N2OS/c1-8-5-9(3-4-10(8)16)19-13-7-14(20-2)11(17)6-12(13)18-15(19)21/h3-7H,1-2H3,(H,18,21). The van der Waals surface area contributed by atoms with Crippen molar-refractivity contribution in [1.82, 2.24) is 9.55 Å². The van der Waals surface area contributed by atoms with E-state index in [1.165, 1.54) is 19.2 Å². The molecule has 3 aromatic rings. The number of aryl methyl sites for hydroxylation is 1. The molecule has 1 N–H and O–H groups in total. The molecule has 0 amide bonds. The summed E-state index contributed by atoms with van der Waals surface area (Å²) >= 11 is 5.28. The van der Waals surface area contributed by atoms with Crippen LogP contribution in [-0.4, -0.2) is 16.7 Å². The Morgan fingerprint density at radius 2 is 1.90 bits per heavy atom. The van der Waals surface area contributed by atoms with Crippen molar-refractivity contribution in [1.29, 1.82) is 0 Å². The maximum absolute atomic E-state index is 13.7. The monoisotopic (exact) mass is 306 g/mol. The lowest BCUT2D eigenvalue weighted by molar-refractivity contribution is 0.387. The predicted octanol–water partition coefficient (Wildman–Crippen LogP) is 4.28. The first kappa shape index (κ1) is 13.8. The van der Waals surface area contributed by atoms with E-state index >= 15 is 0 Å². The zero-order valence-electron chi connectivity index (χ0n) is 11.4. The van der Waals surface area contributed by atoms with Crippen molar-refractivity contribution in [3.8, 4) is 11.4 Å². The maximum atomic E-state index is 13.7. The van der Waals surface area contributed by atoms with Crippen LogP contribution in [-0.2, 0) is 0 Å². The van der Waals surface area contributed by atoms with E-state index in [4.69, 9.17) is 17.0 Å². The third kappa shape index (κ3) is 2.21. The summed E-state index contributed by atoms with van der Waals surface area (Å²) in [5, 5.41) is 0. The Labute approximate surface area is 124 Å². The molecule has 0 atom stereocenters. The normalized spacial score (nSPS) is 11.0. The molecule has 1 heterocycles. The van der Waals surface area contributed by atoms with E-state index in [1.54, 1.807) is 29.7 Å². The van der Waals surface area contributed by atoms with Crippen LogP contribution >= 0.6 is 12.2 Å². The van der Waals surface area contributed by atoms with Gasteiger partial charge in [0.25, 0.3) is 0 Å². The fraction of sp³-hybridized carbons (Fsp3) is 0.133. The van der Waals surface area contributed by atoms with Crippen molar-refractivity contribution >= 4 is 23.3 Å². The number of aromatic amines is 1. The zero-order valence-corrected chi connectivity index (χ0v) is 12.2. The van der Waals surface area contributed by atoms with Gasteiger partial charge in [0.15, 0.2) is 16.3 Å². The number of aromatic nitrogens is 2. The average molecular weight is 306 g/mol. The minimum atomic E-state index is -0.469. The van der Waals surface area contributed by atoms with E-state index in [0.29, 0.717) is 27.1 Å². The van der Waals surface area contributed by atoms with Crippen LogP contribution in [0.5, 0.6) is 5.75 Å². The smallest absolute Gasteiger partial charge is 0.182 e. The number of H-pyrrole nitrogens is 1. The molecule has 0 spiro atoms. The molecule has 0 radical (unpaired) electrons. The summed E-state index contributed by atoms with van der Waals surface area (Å²) < 4.78 is 34.3. The van der Waals surface area contributed by atoms with Crippen LogP contribution in [0.1, 0.15) is 5.56 Å². The van der Waals surface area contributed by atoms with Crippen molar-refractivity contribution in [3.63, 3.8) is 0 Å². The third-order valence-electron chi connectivity index (χ3n) is 3.36. The molecule has 0 unspecified atom stereocenters. The molecular formula is C15H12F2N2OS. The topological polar surface area (TPSA) is 29.9 Å². The van der Waals surface area contributed by atoms with E-state index < -0.39 is 5.82 Å². The van der Waals surface area contributed by atoms with E-state index in [-0.39, 0.29) is 11.6 Å². The Morgan fingerprint density at radius 1 is 1.14 bits per heavy atom. The molecule has 0 bridgehead atoms. The van der Waals surface area contributed by atoms with Gasteiger partial charge in [-0.25, -0.2) is 8.78 Å². The number of benzene rings is 2. The minimum absolute atomic E-state index is 0.129. The molecule has 21 heavy (non-hydrogen) atoms. The molecule has 3 nitrogen and oxygen atoms in total. The molecule has 0 saturated heterocycles. The van der Waals surface area contributed by atoms with Gasteiger partial charge in [0, 0.05) is 17.8 Å². The number of hydrogen-bond acceptors (Lipinski definition) is 2. The van der Waals surface area contributed by atoms with E-state index in [2.05, 4.69) is 4.98 Å². The molecule has 6 heteroatoms. The first-order chi connectivity index (χ1) is 10.0. The van der Waals surface area contributed by atoms with Crippen LogP contribution in [0.4, 0.5) is 8.78 Å². The molecule has 0 aliphatic heterocycles. The van der Waals surface area contributed by atoms with Crippen LogP contribution in [0, 0.1) is 23.3 Å². The summed E-state index contributed by atoms with van der Waals surface area (Å²) in [5.41, 5.74) is 2.45. The van der Waals surface area contributed by atoms with Gasteiger partial charge in [-0.1, -0.05) is 0 Å². The maximum Gasteiger partial charge on any atom is 0.182 e. The van der Waals surface area contributed by atoms with Gasteiger partial charge in [0.05, 0.1) is 18.1 Å². The van der Waals surface area contributed by atoms with Crippen molar-refractivity contribution in [3.05, 3.63) is 52.3 Å². The zero-order chi connectivity index (χ0) is 15.1. The van der Waals surface area contributed by atoms with Crippen molar-refractivity contribution in [2.45, 2.75) is 6.92 Å². The van der Waals surface area contributed by atoms with Crippen LogP contribution < -0.4 is 4.74 Å². The quantitative estimate of drug-likeness (QED) is 0.716. The Balaban J connectivity index is 2.33. The van der Waals surface area contributed by atoms with Gasteiger partial charge in [0.2, 0.25) is 0 Å². The van der Waals surface area contributed by atoms with Crippen molar-refractivity contribution in [2.24, 2.45) is 0 Å². The molecule has 0 aliphatic rings. The van der Waals surface area contributed by atoms with Gasteiger partial charge in [-0.2, -0.15) is 0 Å². The van der Waals surface area contributed by atoms with Gasteiger partial charge in [-0.05, 0) is 42.9 Å². The second kappa shape index (κ2) is 4.96. The summed E-state index contributed by atoms with van der Waals surface area (Å²) in [6.07, 6.45) is 0. The molecule has 2 aromatic carbocycles. The fourth-order valence-corrected chi connectivity index (χ4v) is 2.60. The van der Waals surface area contributed by atoms with E-state index in [9.17, 15) is 8.78 Å². The molecule has 0 aliphatic carbocycles. The molecule has 3 rings (SSSR count). The lowest BCUT2D eigenvalue weighted by Gasteiger charge is -2.08. The number of methoxy groups -OCH3 is 1. The minimum Gasteiger partial charge on any atom is -0.494 e. The number of halogens is 2. The summed E-state index contributed by atoms with van der Waals surface area (Å²) in [5.74, 6) is -0.624. The van der Waals surface area contributed by atoms with Crippen molar-refractivity contribution in [2.75, 3.05) is 7.11 Å². The lowest BCUT2D eigenvalue weighted by Crippen LogP contribution is -1.96. The fourth-order valence-electron chi connectivity index (χ4n) is 2.29. The third-order valence-corrected chi connectivity index (χ3v) is 3.64. The van der Waals surface area contributed by atoms with Gasteiger partial charge in [-0.15, -0.1) is 0 Å².